The highest BCUT2D eigenvalue weighted by Gasteiger charge is 2.34. The maximum Gasteiger partial charge on any atom is 0.0948 e. The Labute approximate surface area is 130 Å². The summed E-state index contributed by atoms with van der Waals surface area (Å²) in [7, 11) is 0. The number of anilines is 1. The molecule has 3 heteroatoms. The Morgan fingerprint density at radius 3 is 2.81 bits per heavy atom. The first kappa shape index (κ1) is 13.4. The van der Waals surface area contributed by atoms with Gasteiger partial charge in [-0.25, -0.2) is 0 Å². The summed E-state index contributed by atoms with van der Waals surface area (Å²) in [6, 6.07) is 8.65. The third-order valence-corrected chi connectivity index (χ3v) is 5.41. The molecule has 2 fully saturated rings. The van der Waals surface area contributed by atoms with Crippen molar-refractivity contribution < 1.29 is 0 Å². The number of rotatable bonds is 3. The molecule has 1 aromatic heterocycles. The zero-order valence-electron chi connectivity index (χ0n) is 12.2. The lowest BCUT2D eigenvalue weighted by Gasteiger charge is -2.30. The van der Waals surface area contributed by atoms with Gasteiger partial charge < -0.3 is 5.32 Å². The van der Waals surface area contributed by atoms with Gasteiger partial charge in [-0.05, 0) is 61.8 Å². The molecule has 0 amide bonds. The van der Waals surface area contributed by atoms with Crippen LogP contribution in [0, 0.1) is 11.8 Å². The van der Waals surface area contributed by atoms with Gasteiger partial charge in [-0.2, -0.15) is 0 Å². The zero-order chi connectivity index (χ0) is 14.2. The van der Waals surface area contributed by atoms with Gasteiger partial charge in [-0.1, -0.05) is 24.4 Å². The second-order valence-electron chi connectivity index (χ2n) is 6.60. The van der Waals surface area contributed by atoms with E-state index in [4.69, 9.17) is 11.6 Å². The number of halogens is 1. The molecule has 0 bridgehead atoms. The average molecular weight is 301 g/mol. The lowest BCUT2D eigenvalue weighted by molar-refractivity contribution is 0.303. The van der Waals surface area contributed by atoms with Crippen molar-refractivity contribution >= 4 is 28.2 Å². The molecule has 2 saturated carbocycles. The van der Waals surface area contributed by atoms with E-state index >= 15 is 0 Å². The van der Waals surface area contributed by atoms with Crippen LogP contribution in [0.2, 0.25) is 5.02 Å². The number of hydrogen-bond donors (Lipinski definition) is 1. The Morgan fingerprint density at radius 1 is 1.05 bits per heavy atom. The zero-order valence-corrected chi connectivity index (χ0v) is 12.9. The van der Waals surface area contributed by atoms with Gasteiger partial charge in [0, 0.05) is 17.6 Å². The molecule has 2 aromatic rings. The predicted molar refractivity (Wildman–Crippen MR) is 88.8 cm³/mol. The maximum absolute atomic E-state index is 6.28. The molecule has 0 spiro atoms. The summed E-state index contributed by atoms with van der Waals surface area (Å²) in [5, 5.41) is 5.56. The average Bonchev–Trinajstić information content (AvgIpc) is 3.36. The first-order valence-corrected chi connectivity index (χ1v) is 8.49. The molecule has 0 radical (unpaired) electrons. The lowest BCUT2D eigenvalue weighted by atomic mass is 9.82. The fraction of sp³-hybridized carbons (Fsp3) is 0.500. The monoisotopic (exact) mass is 300 g/mol. The van der Waals surface area contributed by atoms with E-state index in [1.54, 1.807) is 0 Å². The van der Waals surface area contributed by atoms with Gasteiger partial charge in [0.2, 0.25) is 0 Å². The van der Waals surface area contributed by atoms with Crippen molar-refractivity contribution in [3.8, 4) is 0 Å². The molecule has 0 aliphatic heterocycles. The van der Waals surface area contributed by atoms with Gasteiger partial charge in [0.15, 0.2) is 0 Å². The normalized spacial score (nSPS) is 26.0. The Kier molecular flexibility index (Phi) is 3.50. The summed E-state index contributed by atoms with van der Waals surface area (Å²) in [6.45, 7) is 0. The smallest absolute Gasteiger partial charge is 0.0948 e. The maximum atomic E-state index is 6.28. The minimum Gasteiger partial charge on any atom is -0.381 e. The molecule has 1 heterocycles. The van der Waals surface area contributed by atoms with Crippen LogP contribution in [0.4, 0.5) is 5.69 Å². The first-order chi connectivity index (χ1) is 10.3. The molecular formula is C18H21ClN2. The van der Waals surface area contributed by atoms with Crippen LogP contribution in [0.15, 0.2) is 30.5 Å². The van der Waals surface area contributed by atoms with Crippen molar-refractivity contribution in [2.45, 2.75) is 44.6 Å². The number of fused-ring (bicyclic) bond motifs is 1. The highest BCUT2D eigenvalue weighted by atomic mass is 35.5. The fourth-order valence-corrected chi connectivity index (χ4v) is 4.04. The van der Waals surface area contributed by atoms with Crippen molar-refractivity contribution in [3.63, 3.8) is 0 Å². The SMILES string of the molecule is Clc1ccc(NC2CCCC(C3CC3)C2)c2ncccc12. The second kappa shape index (κ2) is 5.49. The Hall–Kier alpha value is -1.28. The van der Waals surface area contributed by atoms with Crippen LogP contribution in [0.5, 0.6) is 0 Å². The fourth-order valence-electron chi connectivity index (χ4n) is 3.83. The molecular weight excluding hydrogens is 280 g/mol. The molecule has 2 unspecified atom stereocenters. The van der Waals surface area contributed by atoms with Crippen molar-refractivity contribution in [3.05, 3.63) is 35.5 Å². The molecule has 21 heavy (non-hydrogen) atoms. The van der Waals surface area contributed by atoms with E-state index in [2.05, 4.69) is 16.4 Å². The summed E-state index contributed by atoms with van der Waals surface area (Å²) in [5.41, 5.74) is 2.13. The summed E-state index contributed by atoms with van der Waals surface area (Å²) in [6.07, 6.45) is 10.2. The Balaban J connectivity index is 1.57. The van der Waals surface area contributed by atoms with Crippen LogP contribution in [0.3, 0.4) is 0 Å². The molecule has 2 nitrogen and oxygen atoms in total. The van der Waals surface area contributed by atoms with Gasteiger partial charge in [-0.3, -0.25) is 4.98 Å². The number of aromatic nitrogens is 1. The van der Waals surface area contributed by atoms with Crippen molar-refractivity contribution in [2.24, 2.45) is 11.8 Å². The van der Waals surface area contributed by atoms with Gasteiger partial charge in [0.25, 0.3) is 0 Å². The third kappa shape index (κ3) is 2.74. The molecule has 1 aromatic carbocycles. The molecule has 4 rings (SSSR count). The van der Waals surface area contributed by atoms with Crippen LogP contribution < -0.4 is 5.32 Å². The Bertz CT molecular complexity index is 651. The standard InChI is InChI=1S/C18H21ClN2/c19-16-8-9-17(18-15(16)5-2-10-20-18)21-14-4-1-3-13(11-14)12-6-7-12/h2,5,8-10,12-14,21H,1,3-4,6-7,11H2. The van der Waals surface area contributed by atoms with Crippen LogP contribution in [-0.2, 0) is 0 Å². The van der Waals surface area contributed by atoms with Gasteiger partial charge in [-0.15, -0.1) is 0 Å². The topological polar surface area (TPSA) is 24.9 Å². The third-order valence-electron chi connectivity index (χ3n) is 5.08. The van der Waals surface area contributed by atoms with E-state index in [1.165, 1.54) is 38.5 Å². The summed E-state index contributed by atoms with van der Waals surface area (Å²) < 4.78 is 0. The largest absolute Gasteiger partial charge is 0.381 e. The highest BCUT2D eigenvalue weighted by molar-refractivity contribution is 6.35. The minimum atomic E-state index is 0.593. The highest BCUT2D eigenvalue weighted by Crippen LogP contribution is 2.44. The summed E-state index contributed by atoms with van der Waals surface area (Å²) in [5.74, 6) is 1.97. The van der Waals surface area contributed by atoms with E-state index in [-0.39, 0.29) is 0 Å². The molecule has 1 N–H and O–H groups in total. The molecule has 0 saturated heterocycles. The quantitative estimate of drug-likeness (QED) is 0.835. The summed E-state index contributed by atoms with van der Waals surface area (Å²) in [4.78, 5) is 4.53. The van der Waals surface area contributed by atoms with E-state index in [0.717, 1.165) is 33.4 Å². The number of nitrogens with one attached hydrogen (secondary N) is 1. The first-order valence-electron chi connectivity index (χ1n) is 8.11. The van der Waals surface area contributed by atoms with Gasteiger partial charge >= 0.3 is 0 Å². The number of hydrogen-bond acceptors (Lipinski definition) is 2. The van der Waals surface area contributed by atoms with Crippen molar-refractivity contribution in [1.29, 1.82) is 0 Å². The Morgan fingerprint density at radius 2 is 1.95 bits per heavy atom. The number of benzene rings is 1. The van der Waals surface area contributed by atoms with Crippen molar-refractivity contribution in [2.75, 3.05) is 5.32 Å². The second-order valence-corrected chi connectivity index (χ2v) is 7.01. The van der Waals surface area contributed by atoms with Crippen LogP contribution in [-0.4, -0.2) is 11.0 Å². The molecule has 2 atom stereocenters. The van der Waals surface area contributed by atoms with E-state index in [0.29, 0.717) is 6.04 Å². The van der Waals surface area contributed by atoms with Gasteiger partial charge in [0.05, 0.1) is 16.2 Å². The van der Waals surface area contributed by atoms with Crippen molar-refractivity contribution in [1.82, 2.24) is 4.98 Å². The lowest BCUT2D eigenvalue weighted by Crippen LogP contribution is -2.28. The molecule has 110 valence electrons. The van der Waals surface area contributed by atoms with E-state index < -0.39 is 0 Å². The van der Waals surface area contributed by atoms with Crippen LogP contribution in [0.25, 0.3) is 10.9 Å². The number of nitrogens with zero attached hydrogens (tertiary/aromatic N) is 1. The van der Waals surface area contributed by atoms with E-state index in [9.17, 15) is 0 Å². The summed E-state index contributed by atoms with van der Waals surface area (Å²) >= 11 is 6.28. The minimum absolute atomic E-state index is 0.593. The molecule has 2 aliphatic carbocycles. The van der Waals surface area contributed by atoms with E-state index in [1.807, 2.05) is 24.4 Å². The van der Waals surface area contributed by atoms with Gasteiger partial charge in [0.1, 0.15) is 0 Å². The number of pyridine rings is 1. The molecule has 2 aliphatic rings. The van der Waals surface area contributed by atoms with Crippen LogP contribution >= 0.6 is 11.6 Å². The predicted octanol–water partition coefficient (Wildman–Crippen LogP) is 5.27. The van der Waals surface area contributed by atoms with Crippen LogP contribution in [0.1, 0.15) is 38.5 Å².